The Labute approximate surface area is 141 Å². The molecule has 1 aromatic heterocycles. The van der Waals surface area contributed by atoms with Crippen molar-refractivity contribution in [1.29, 1.82) is 0 Å². The molecule has 7 heteroatoms. The molecule has 0 amide bonds. The lowest BCUT2D eigenvalue weighted by molar-refractivity contribution is 1.18. The summed E-state index contributed by atoms with van der Waals surface area (Å²) in [5.41, 5.74) is 4.34. The van der Waals surface area contributed by atoms with E-state index in [0.29, 0.717) is 15.9 Å². The van der Waals surface area contributed by atoms with Crippen molar-refractivity contribution >= 4 is 57.7 Å². The molecule has 0 radical (unpaired) electrons. The van der Waals surface area contributed by atoms with Crippen molar-refractivity contribution in [2.75, 3.05) is 5.43 Å². The number of hydrogen-bond donors (Lipinski definition) is 1. The smallest absolute Gasteiger partial charge is 0.224 e. The Kier molecular flexibility index (Phi) is 4.43. The SMILES string of the molecule is Clc1ccc(C=NNc2nc(Cl)nc3ccccc23)c(Cl)c1. The highest BCUT2D eigenvalue weighted by Crippen LogP contribution is 2.22. The van der Waals surface area contributed by atoms with Gasteiger partial charge in [-0.3, -0.25) is 5.43 Å². The van der Waals surface area contributed by atoms with E-state index in [1.165, 1.54) is 0 Å². The van der Waals surface area contributed by atoms with Crippen LogP contribution in [0.2, 0.25) is 15.3 Å². The summed E-state index contributed by atoms with van der Waals surface area (Å²) in [6.07, 6.45) is 1.59. The van der Waals surface area contributed by atoms with Gasteiger partial charge in [0, 0.05) is 16.0 Å². The van der Waals surface area contributed by atoms with Crippen LogP contribution in [0.3, 0.4) is 0 Å². The molecule has 0 aliphatic rings. The molecule has 22 heavy (non-hydrogen) atoms. The molecule has 1 heterocycles. The van der Waals surface area contributed by atoms with Crippen LogP contribution in [0, 0.1) is 0 Å². The van der Waals surface area contributed by atoms with Crippen molar-refractivity contribution in [1.82, 2.24) is 9.97 Å². The molecule has 0 atom stereocenters. The van der Waals surface area contributed by atoms with Crippen LogP contribution < -0.4 is 5.43 Å². The maximum atomic E-state index is 6.08. The molecular formula is C15H9Cl3N4. The normalized spacial score (nSPS) is 11.2. The van der Waals surface area contributed by atoms with Gasteiger partial charge in [0.25, 0.3) is 0 Å². The largest absolute Gasteiger partial charge is 0.261 e. The summed E-state index contributed by atoms with van der Waals surface area (Å²) < 4.78 is 0. The second-order valence-corrected chi connectivity index (χ2v) is 5.58. The summed E-state index contributed by atoms with van der Waals surface area (Å²) in [5, 5.41) is 6.21. The fourth-order valence-corrected chi connectivity index (χ4v) is 2.54. The summed E-state index contributed by atoms with van der Waals surface area (Å²) in [5.74, 6) is 0.525. The van der Waals surface area contributed by atoms with E-state index in [0.717, 1.165) is 16.5 Å². The maximum Gasteiger partial charge on any atom is 0.224 e. The van der Waals surface area contributed by atoms with E-state index >= 15 is 0 Å². The Morgan fingerprint density at radius 1 is 1.00 bits per heavy atom. The third kappa shape index (κ3) is 3.30. The predicted molar refractivity (Wildman–Crippen MR) is 92.2 cm³/mol. The van der Waals surface area contributed by atoms with Crippen molar-refractivity contribution in [3.05, 3.63) is 63.4 Å². The molecular weight excluding hydrogens is 343 g/mol. The van der Waals surface area contributed by atoms with E-state index in [9.17, 15) is 0 Å². The molecule has 0 aliphatic heterocycles. The first-order valence-electron chi connectivity index (χ1n) is 6.30. The lowest BCUT2D eigenvalue weighted by Crippen LogP contribution is -1.97. The molecule has 4 nitrogen and oxygen atoms in total. The van der Waals surface area contributed by atoms with E-state index in [1.54, 1.807) is 24.4 Å². The fourth-order valence-electron chi connectivity index (χ4n) is 1.90. The van der Waals surface area contributed by atoms with Crippen LogP contribution in [0.25, 0.3) is 10.9 Å². The highest BCUT2D eigenvalue weighted by Gasteiger charge is 2.05. The number of hydrazone groups is 1. The van der Waals surface area contributed by atoms with Gasteiger partial charge in [-0.2, -0.15) is 10.1 Å². The number of nitrogens with one attached hydrogen (secondary N) is 1. The Morgan fingerprint density at radius 3 is 2.64 bits per heavy atom. The quantitative estimate of drug-likeness (QED) is 0.409. The zero-order valence-corrected chi connectivity index (χ0v) is 13.4. The van der Waals surface area contributed by atoms with Crippen molar-refractivity contribution in [2.45, 2.75) is 0 Å². The number of anilines is 1. The van der Waals surface area contributed by atoms with Gasteiger partial charge in [-0.25, -0.2) is 4.98 Å². The lowest BCUT2D eigenvalue weighted by atomic mass is 10.2. The first-order valence-corrected chi connectivity index (χ1v) is 7.43. The molecule has 110 valence electrons. The lowest BCUT2D eigenvalue weighted by Gasteiger charge is -2.05. The number of fused-ring (bicyclic) bond motifs is 1. The van der Waals surface area contributed by atoms with Gasteiger partial charge in [-0.1, -0.05) is 41.4 Å². The molecule has 0 bridgehead atoms. The van der Waals surface area contributed by atoms with Gasteiger partial charge in [-0.05, 0) is 35.9 Å². The number of hydrogen-bond acceptors (Lipinski definition) is 4. The number of para-hydroxylation sites is 1. The Balaban J connectivity index is 1.89. The van der Waals surface area contributed by atoms with Crippen LogP contribution in [0.5, 0.6) is 0 Å². The van der Waals surface area contributed by atoms with Gasteiger partial charge in [0.2, 0.25) is 5.28 Å². The molecule has 0 saturated heterocycles. The Hall–Kier alpha value is -1.88. The first kappa shape index (κ1) is 15.0. The summed E-state index contributed by atoms with van der Waals surface area (Å²) in [6.45, 7) is 0. The molecule has 0 aliphatic carbocycles. The molecule has 3 rings (SSSR count). The number of halogens is 3. The Bertz CT molecular complexity index is 865. The number of rotatable bonds is 3. The van der Waals surface area contributed by atoms with Crippen molar-refractivity contribution in [3.63, 3.8) is 0 Å². The average Bonchev–Trinajstić information content (AvgIpc) is 2.49. The Morgan fingerprint density at radius 2 is 1.82 bits per heavy atom. The predicted octanol–water partition coefficient (Wildman–Crippen LogP) is 5.04. The minimum absolute atomic E-state index is 0.154. The molecule has 3 aromatic rings. The van der Waals surface area contributed by atoms with Crippen LogP contribution in [0.4, 0.5) is 5.82 Å². The zero-order valence-electron chi connectivity index (χ0n) is 11.1. The van der Waals surface area contributed by atoms with Gasteiger partial charge in [-0.15, -0.1) is 0 Å². The minimum Gasteiger partial charge on any atom is -0.261 e. The number of aromatic nitrogens is 2. The van der Waals surface area contributed by atoms with E-state index in [1.807, 2.05) is 24.3 Å². The summed E-state index contributed by atoms with van der Waals surface area (Å²) >= 11 is 17.8. The van der Waals surface area contributed by atoms with E-state index in [4.69, 9.17) is 34.8 Å². The van der Waals surface area contributed by atoms with Gasteiger partial charge in [0.15, 0.2) is 5.82 Å². The summed E-state index contributed by atoms with van der Waals surface area (Å²) in [6, 6.07) is 12.7. The van der Waals surface area contributed by atoms with Crippen LogP contribution in [0.1, 0.15) is 5.56 Å². The van der Waals surface area contributed by atoms with Gasteiger partial charge >= 0.3 is 0 Å². The number of nitrogens with zero attached hydrogens (tertiary/aromatic N) is 3. The van der Waals surface area contributed by atoms with Crippen molar-refractivity contribution in [3.8, 4) is 0 Å². The molecule has 0 spiro atoms. The van der Waals surface area contributed by atoms with Crippen LogP contribution in [-0.2, 0) is 0 Å². The van der Waals surface area contributed by atoms with E-state index in [2.05, 4.69) is 20.5 Å². The highest BCUT2D eigenvalue weighted by molar-refractivity contribution is 6.36. The number of benzene rings is 2. The zero-order chi connectivity index (χ0) is 15.5. The van der Waals surface area contributed by atoms with E-state index < -0.39 is 0 Å². The van der Waals surface area contributed by atoms with Crippen LogP contribution in [0.15, 0.2) is 47.6 Å². The van der Waals surface area contributed by atoms with Gasteiger partial charge in [0.1, 0.15) is 0 Å². The van der Waals surface area contributed by atoms with Gasteiger partial charge in [0.05, 0.1) is 16.8 Å². The third-order valence-corrected chi connectivity index (χ3v) is 3.64. The monoisotopic (exact) mass is 350 g/mol. The molecule has 0 unspecified atom stereocenters. The molecule has 0 fully saturated rings. The van der Waals surface area contributed by atoms with Crippen molar-refractivity contribution in [2.24, 2.45) is 5.10 Å². The van der Waals surface area contributed by atoms with Crippen LogP contribution in [-0.4, -0.2) is 16.2 Å². The maximum absolute atomic E-state index is 6.08. The minimum atomic E-state index is 0.154. The molecule has 2 aromatic carbocycles. The molecule has 1 N–H and O–H groups in total. The topological polar surface area (TPSA) is 50.2 Å². The first-order chi connectivity index (χ1) is 10.6. The van der Waals surface area contributed by atoms with Gasteiger partial charge < -0.3 is 0 Å². The highest BCUT2D eigenvalue weighted by atomic mass is 35.5. The second-order valence-electron chi connectivity index (χ2n) is 4.39. The summed E-state index contributed by atoms with van der Waals surface area (Å²) in [7, 11) is 0. The van der Waals surface area contributed by atoms with E-state index in [-0.39, 0.29) is 5.28 Å². The molecule has 0 saturated carbocycles. The standard InChI is InChI=1S/C15H9Cl3N4/c16-10-6-5-9(12(17)7-10)8-19-22-14-11-3-1-2-4-13(11)20-15(18)21-14/h1-8H,(H,20,21,22). The third-order valence-electron chi connectivity index (χ3n) is 2.91. The fraction of sp³-hybridized carbons (Fsp3) is 0. The van der Waals surface area contributed by atoms with Crippen LogP contribution >= 0.6 is 34.8 Å². The average molecular weight is 352 g/mol. The second kappa shape index (κ2) is 6.48. The summed E-state index contributed by atoms with van der Waals surface area (Å²) in [4.78, 5) is 8.30. The van der Waals surface area contributed by atoms with Crippen molar-refractivity contribution < 1.29 is 0 Å².